The fourth-order valence-electron chi connectivity index (χ4n) is 2.55. The number of nitrogens with zero attached hydrogens (tertiary/aromatic N) is 1. The summed E-state index contributed by atoms with van der Waals surface area (Å²) in [5, 5.41) is 3.20. The summed E-state index contributed by atoms with van der Waals surface area (Å²) in [6.07, 6.45) is -0.752. The molecule has 0 atom stereocenters. The number of benzene rings is 1. The molecule has 20 heavy (non-hydrogen) atoms. The lowest BCUT2D eigenvalue weighted by atomic mass is 9.94. The van der Waals surface area contributed by atoms with Crippen LogP contribution in [0.4, 0.5) is 18.9 Å². The number of rotatable bonds is 4. The second-order valence-electron chi connectivity index (χ2n) is 5.54. The van der Waals surface area contributed by atoms with Gasteiger partial charge in [-0.15, -0.1) is 0 Å². The molecule has 2 rings (SSSR count). The Bertz CT molecular complexity index is 406. The van der Waals surface area contributed by atoms with Crippen LogP contribution in [0.1, 0.15) is 24.8 Å². The van der Waals surface area contributed by atoms with Gasteiger partial charge in [0.25, 0.3) is 0 Å². The minimum atomic E-state index is -4.26. The average molecular weight is 286 g/mol. The molecule has 1 N–H and O–H groups in total. The van der Waals surface area contributed by atoms with E-state index in [1.807, 2.05) is 0 Å². The van der Waals surface area contributed by atoms with Gasteiger partial charge in [0.1, 0.15) is 0 Å². The summed E-state index contributed by atoms with van der Waals surface area (Å²) in [5.41, 5.74) is 0.157. The van der Waals surface area contributed by atoms with Crippen LogP contribution in [0.3, 0.4) is 0 Å². The standard InChI is InChI=1S/C15H21F3N2/c1-20-10-7-12(8-11-20)6-9-19-14-4-2-13(3-5-14)15(16,17)18/h2-5,12,19H,6-11H2,1H3. The minimum Gasteiger partial charge on any atom is -0.385 e. The van der Waals surface area contributed by atoms with Crippen molar-refractivity contribution in [2.45, 2.75) is 25.4 Å². The molecule has 0 radical (unpaired) electrons. The molecular formula is C15H21F3N2. The molecule has 0 spiro atoms. The molecule has 0 unspecified atom stereocenters. The molecule has 112 valence electrons. The highest BCUT2D eigenvalue weighted by Gasteiger charge is 2.29. The molecule has 1 fully saturated rings. The lowest BCUT2D eigenvalue weighted by Gasteiger charge is -2.29. The van der Waals surface area contributed by atoms with E-state index in [0.717, 1.165) is 49.8 Å². The molecular weight excluding hydrogens is 265 g/mol. The Morgan fingerprint density at radius 3 is 2.30 bits per heavy atom. The Labute approximate surface area is 118 Å². The van der Waals surface area contributed by atoms with Crippen LogP contribution in [0.15, 0.2) is 24.3 Å². The van der Waals surface area contributed by atoms with Crippen LogP contribution in [-0.4, -0.2) is 31.6 Å². The molecule has 5 heteroatoms. The first-order valence-corrected chi connectivity index (χ1v) is 7.05. The van der Waals surface area contributed by atoms with Gasteiger partial charge in [0.2, 0.25) is 0 Å². The van der Waals surface area contributed by atoms with E-state index in [4.69, 9.17) is 0 Å². The lowest BCUT2D eigenvalue weighted by molar-refractivity contribution is -0.137. The quantitative estimate of drug-likeness (QED) is 0.904. The van der Waals surface area contributed by atoms with E-state index >= 15 is 0 Å². The summed E-state index contributed by atoms with van der Waals surface area (Å²) in [5.74, 6) is 0.730. The second-order valence-corrected chi connectivity index (χ2v) is 5.54. The predicted molar refractivity (Wildman–Crippen MR) is 74.8 cm³/mol. The maximum Gasteiger partial charge on any atom is 0.416 e. The molecule has 0 amide bonds. The SMILES string of the molecule is CN1CCC(CCNc2ccc(C(F)(F)F)cc2)CC1. The van der Waals surface area contributed by atoms with Gasteiger partial charge >= 0.3 is 6.18 Å². The Morgan fingerprint density at radius 2 is 1.75 bits per heavy atom. The molecule has 1 aromatic rings. The van der Waals surface area contributed by atoms with Crippen molar-refractivity contribution in [3.63, 3.8) is 0 Å². The lowest BCUT2D eigenvalue weighted by Crippen LogP contribution is -2.30. The summed E-state index contributed by atoms with van der Waals surface area (Å²) in [4.78, 5) is 2.33. The van der Waals surface area contributed by atoms with Crippen molar-refractivity contribution in [2.75, 3.05) is 32.0 Å². The monoisotopic (exact) mass is 286 g/mol. The van der Waals surface area contributed by atoms with Crippen molar-refractivity contribution in [1.82, 2.24) is 4.90 Å². The molecule has 2 nitrogen and oxygen atoms in total. The first-order chi connectivity index (χ1) is 9.45. The number of hydrogen-bond donors (Lipinski definition) is 1. The molecule has 0 bridgehead atoms. The number of hydrogen-bond acceptors (Lipinski definition) is 2. The summed E-state index contributed by atoms with van der Waals surface area (Å²) in [6, 6.07) is 5.24. The van der Waals surface area contributed by atoms with Crippen LogP contribution >= 0.6 is 0 Å². The van der Waals surface area contributed by atoms with Crippen molar-refractivity contribution >= 4 is 5.69 Å². The van der Waals surface area contributed by atoms with Crippen LogP contribution < -0.4 is 5.32 Å². The summed E-state index contributed by atoms with van der Waals surface area (Å²) < 4.78 is 37.3. The van der Waals surface area contributed by atoms with Crippen molar-refractivity contribution < 1.29 is 13.2 Å². The van der Waals surface area contributed by atoms with Crippen molar-refractivity contribution in [3.8, 4) is 0 Å². The first-order valence-electron chi connectivity index (χ1n) is 7.05. The van der Waals surface area contributed by atoms with Crippen LogP contribution in [0.25, 0.3) is 0 Å². The fraction of sp³-hybridized carbons (Fsp3) is 0.600. The van der Waals surface area contributed by atoms with Gasteiger partial charge in [-0.05, 0) is 69.6 Å². The Balaban J connectivity index is 1.74. The van der Waals surface area contributed by atoms with E-state index in [2.05, 4.69) is 17.3 Å². The van der Waals surface area contributed by atoms with Crippen LogP contribution in [0, 0.1) is 5.92 Å². The zero-order valence-corrected chi connectivity index (χ0v) is 11.7. The third-order valence-electron chi connectivity index (χ3n) is 3.93. The van der Waals surface area contributed by atoms with Crippen LogP contribution in [0.2, 0.25) is 0 Å². The molecule has 1 aromatic carbocycles. The normalized spacial score (nSPS) is 18.2. The number of likely N-dealkylation sites (tertiary alicyclic amines) is 1. The van der Waals surface area contributed by atoms with Gasteiger partial charge in [-0.25, -0.2) is 0 Å². The highest BCUT2D eigenvalue weighted by molar-refractivity contribution is 5.45. The maximum absolute atomic E-state index is 12.4. The molecule has 1 aliphatic heterocycles. The van der Waals surface area contributed by atoms with Gasteiger partial charge in [-0.2, -0.15) is 13.2 Å². The zero-order valence-electron chi connectivity index (χ0n) is 11.7. The third-order valence-corrected chi connectivity index (χ3v) is 3.93. The van der Waals surface area contributed by atoms with Gasteiger partial charge in [-0.3, -0.25) is 0 Å². The van der Waals surface area contributed by atoms with E-state index in [0.29, 0.717) is 0 Å². The number of alkyl halides is 3. The van der Waals surface area contributed by atoms with Gasteiger partial charge in [0.15, 0.2) is 0 Å². The van der Waals surface area contributed by atoms with Crippen molar-refractivity contribution in [3.05, 3.63) is 29.8 Å². The highest BCUT2D eigenvalue weighted by atomic mass is 19.4. The summed E-state index contributed by atoms with van der Waals surface area (Å²) >= 11 is 0. The minimum absolute atomic E-state index is 0.599. The Kier molecular flexibility index (Phi) is 4.91. The van der Waals surface area contributed by atoms with Gasteiger partial charge < -0.3 is 10.2 Å². The maximum atomic E-state index is 12.4. The van der Waals surface area contributed by atoms with E-state index < -0.39 is 11.7 Å². The molecule has 1 aliphatic rings. The highest BCUT2D eigenvalue weighted by Crippen LogP contribution is 2.29. The van der Waals surface area contributed by atoms with Crippen LogP contribution in [-0.2, 0) is 6.18 Å². The molecule has 1 saturated heterocycles. The number of nitrogens with one attached hydrogen (secondary N) is 1. The Hall–Kier alpha value is -1.23. The first kappa shape index (κ1) is 15.2. The molecule has 0 saturated carbocycles. The van der Waals surface area contributed by atoms with Crippen molar-refractivity contribution in [1.29, 1.82) is 0 Å². The summed E-state index contributed by atoms with van der Waals surface area (Å²) in [7, 11) is 2.14. The average Bonchev–Trinajstić information content (AvgIpc) is 2.41. The summed E-state index contributed by atoms with van der Waals surface area (Å²) in [6.45, 7) is 3.11. The van der Waals surface area contributed by atoms with E-state index in [1.54, 1.807) is 0 Å². The van der Waals surface area contributed by atoms with Gasteiger partial charge in [0.05, 0.1) is 5.56 Å². The van der Waals surface area contributed by atoms with E-state index in [9.17, 15) is 13.2 Å². The third kappa shape index (κ3) is 4.40. The second kappa shape index (κ2) is 6.48. The molecule has 0 aromatic heterocycles. The fourth-order valence-corrected chi connectivity index (χ4v) is 2.55. The predicted octanol–water partition coefficient (Wildman–Crippen LogP) is 3.85. The van der Waals surface area contributed by atoms with Crippen molar-refractivity contribution in [2.24, 2.45) is 5.92 Å². The molecule has 0 aliphatic carbocycles. The zero-order chi connectivity index (χ0) is 14.6. The number of anilines is 1. The smallest absolute Gasteiger partial charge is 0.385 e. The van der Waals surface area contributed by atoms with Gasteiger partial charge in [-0.1, -0.05) is 0 Å². The Morgan fingerprint density at radius 1 is 1.15 bits per heavy atom. The van der Waals surface area contributed by atoms with E-state index in [-0.39, 0.29) is 0 Å². The molecule has 1 heterocycles. The van der Waals surface area contributed by atoms with E-state index in [1.165, 1.54) is 25.0 Å². The van der Waals surface area contributed by atoms with Crippen LogP contribution in [0.5, 0.6) is 0 Å². The van der Waals surface area contributed by atoms with Gasteiger partial charge in [0, 0.05) is 12.2 Å². The number of piperidine rings is 1. The number of halogens is 3. The largest absolute Gasteiger partial charge is 0.416 e. The topological polar surface area (TPSA) is 15.3 Å².